The molecule has 0 aliphatic heterocycles. The fourth-order valence-electron chi connectivity index (χ4n) is 3.46. The molecular weight excluding hydrogens is 396 g/mol. The molecule has 0 unspecified atom stereocenters. The van der Waals surface area contributed by atoms with E-state index in [2.05, 4.69) is 48.3 Å². The van der Waals surface area contributed by atoms with Crippen LogP contribution in [0, 0.1) is 20.8 Å². The number of amides is 1. The first kappa shape index (κ1) is 20.0. The Bertz CT molecular complexity index is 1340. The zero-order chi connectivity index (χ0) is 21.4. The molecule has 2 heterocycles. The molecule has 1 N–H and O–H groups in total. The normalized spacial score (nSPS) is 11.1. The molecular formula is C23H22N4O2S. The highest BCUT2D eigenvalue weighted by Crippen LogP contribution is 2.29. The molecule has 2 aromatic carbocycles. The molecule has 0 aliphatic carbocycles. The van der Waals surface area contributed by atoms with Gasteiger partial charge in [0.1, 0.15) is 0 Å². The van der Waals surface area contributed by atoms with Gasteiger partial charge in [0.2, 0.25) is 0 Å². The van der Waals surface area contributed by atoms with E-state index in [1.54, 1.807) is 24.3 Å². The molecule has 0 saturated carbocycles. The van der Waals surface area contributed by atoms with E-state index in [1.165, 1.54) is 27.1 Å². The van der Waals surface area contributed by atoms with E-state index in [1.807, 2.05) is 12.3 Å². The van der Waals surface area contributed by atoms with E-state index in [4.69, 9.17) is 0 Å². The van der Waals surface area contributed by atoms with Crippen molar-refractivity contribution in [3.63, 3.8) is 0 Å². The Morgan fingerprint density at radius 2 is 1.77 bits per heavy atom. The molecule has 0 bridgehead atoms. The fourth-order valence-corrected chi connectivity index (χ4v) is 4.17. The highest BCUT2D eigenvalue weighted by molar-refractivity contribution is 7.14. The maximum atomic E-state index is 13.0. The van der Waals surface area contributed by atoms with Crippen LogP contribution in [0.1, 0.15) is 34.1 Å². The summed E-state index contributed by atoms with van der Waals surface area (Å²) in [4.78, 5) is 30.1. The van der Waals surface area contributed by atoms with Gasteiger partial charge < -0.3 is 0 Å². The maximum absolute atomic E-state index is 13.0. The SMILES string of the molecule is CCn1nc(C(=O)Nc2nc(-c3cc(C)c(C)cc3C)cs2)c2ccccc2c1=O. The third kappa shape index (κ3) is 3.52. The molecule has 152 valence electrons. The van der Waals surface area contributed by atoms with Crippen LogP contribution in [-0.4, -0.2) is 20.7 Å². The lowest BCUT2D eigenvalue weighted by atomic mass is 9.99. The van der Waals surface area contributed by atoms with Gasteiger partial charge in [-0.3, -0.25) is 14.9 Å². The van der Waals surface area contributed by atoms with Crippen molar-refractivity contribution in [3.8, 4) is 11.3 Å². The molecule has 0 saturated heterocycles. The van der Waals surface area contributed by atoms with Crippen molar-refractivity contribution < 1.29 is 4.79 Å². The predicted molar refractivity (Wildman–Crippen MR) is 121 cm³/mol. The first-order valence-electron chi connectivity index (χ1n) is 9.74. The smallest absolute Gasteiger partial charge is 0.278 e. The molecule has 1 amide bonds. The monoisotopic (exact) mass is 418 g/mol. The highest BCUT2D eigenvalue weighted by atomic mass is 32.1. The molecule has 0 spiro atoms. The summed E-state index contributed by atoms with van der Waals surface area (Å²) < 4.78 is 1.31. The topological polar surface area (TPSA) is 76.9 Å². The number of rotatable bonds is 4. The zero-order valence-electron chi connectivity index (χ0n) is 17.3. The van der Waals surface area contributed by atoms with Gasteiger partial charge in [0.25, 0.3) is 11.5 Å². The Kier molecular flexibility index (Phi) is 5.22. The van der Waals surface area contributed by atoms with Crippen LogP contribution in [0.2, 0.25) is 0 Å². The van der Waals surface area contributed by atoms with Gasteiger partial charge in [0.05, 0.1) is 11.1 Å². The number of carbonyl (C=O) groups excluding carboxylic acids is 1. The first-order valence-corrected chi connectivity index (χ1v) is 10.6. The number of benzene rings is 2. The minimum atomic E-state index is -0.383. The van der Waals surface area contributed by atoms with Gasteiger partial charge in [-0.1, -0.05) is 24.3 Å². The second kappa shape index (κ2) is 7.84. The first-order chi connectivity index (χ1) is 14.4. The third-order valence-electron chi connectivity index (χ3n) is 5.22. The Morgan fingerprint density at radius 3 is 2.50 bits per heavy atom. The molecule has 6 nitrogen and oxygen atoms in total. The van der Waals surface area contributed by atoms with Crippen molar-refractivity contribution in [2.45, 2.75) is 34.2 Å². The molecule has 4 rings (SSSR count). The highest BCUT2D eigenvalue weighted by Gasteiger charge is 2.18. The number of nitrogens with zero attached hydrogens (tertiary/aromatic N) is 3. The summed E-state index contributed by atoms with van der Waals surface area (Å²) in [5, 5.41) is 10.6. The number of aryl methyl sites for hydroxylation is 4. The van der Waals surface area contributed by atoms with Crippen LogP contribution in [0.25, 0.3) is 22.0 Å². The van der Waals surface area contributed by atoms with Gasteiger partial charge in [-0.15, -0.1) is 11.3 Å². The van der Waals surface area contributed by atoms with E-state index < -0.39 is 0 Å². The van der Waals surface area contributed by atoms with Crippen molar-refractivity contribution in [3.05, 3.63) is 74.5 Å². The summed E-state index contributed by atoms with van der Waals surface area (Å²) >= 11 is 1.37. The van der Waals surface area contributed by atoms with Gasteiger partial charge in [-0.05, 0) is 56.5 Å². The van der Waals surface area contributed by atoms with Gasteiger partial charge in [0.15, 0.2) is 10.8 Å². The van der Waals surface area contributed by atoms with Gasteiger partial charge in [-0.25, -0.2) is 9.67 Å². The Labute approximate surface area is 178 Å². The molecule has 0 atom stereocenters. The average molecular weight is 419 g/mol. The number of thiazole rings is 1. The minimum absolute atomic E-state index is 0.202. The second-order valence-electron chi connectivity index (χ2n) is 7.26. The molecule has 0 radical (unpaired) electrons. The van der Waals surface area contributed by atoms with Crippen molar-refractivity contribution in [1.29, 1.82) is 0 Å². The lowest BCUT2D eigenvalue weighted by Crippen LogP contribution is -2.27. The Hall–Kier alpha value is -3.32. The quantitative estimate of drug-likeness (QED) is 0.520. The van der Waals surface area contributed by atoms with Crippen LogP contribution in [0.4, 0.5) is 5.13 Å². The Balaban J connectivity index is 1.69. The van der Waals surface area contributed by atoms with E-state index in [-0.39, 0.29) is 17.2 Å². The Morgan fingerprint density at radius 1 is 1.07 bits per heavy atom. The number of hydrogen-bond donors (Lipinski definition) is 1. The van der Waals surface area contributed by atoms with E-state index in [0.29, 0.717) is 22.4 Å². The summed E-state index contributed by atoms with van der Waals surface area (Å²) in [6.45, 7) is 8.43. The van der Waals surface area contributed by atoms with Gasteiger partial charge in [0, 0.05) is 22.9 Å². The summed E-state index contributed by atoms with van der Waals surface area (Å²) in [5.74, 6) is -0.383. The molecule has 0 fully saturated rings. The van der Waals surface area contributed by atoms with E-state index >= 15 is 0 Å². The van der Waals surface area contributed by atoms with Crippen molar-refractivity contribution in [1.82, 2.24) is 14.8 Å². The third-order valence-corrected chi connectivity index (χ3v) is 5.98. The van der Waals surface area contributed by atoms with Crippen LogP contribution in [0.3, 0.4) is 0 Å². The minimum Gasteiger partial charge on any atom is -0.296 e. The number of carbonyl (C=O) groups is 1. The average Bonchev–Trinajstić information content (AvgIpc) is 3.19. The lowest BCUT2D eigenvalue weighted by Gasteiger charge is -2.09. The molecule has 2 aromatic heterocycles. The van der Waals surface area contributed by atoms with E-state index in [9.17, 15) is 9.59 Å². The largest absolute Gasteiger partial charge is 0.296 e. The van der Waals surface area contributed by atoms with E-state index in [0.717, 1.165) is 16.8 Å². The van der Waals surface area contributed by atoms with Gasteiger partial charge in [-0.2, -0.15) is 5.10 Å². The zero-order valence-corrected chi connectivity index (χ0v) is 18.1. The molecule has 7 heteroatoms. The summed E-state index contributed by atoms with van der Waals surface area (Å²) in [6.07, 6.45) is 0. The predicted octanol–water partition coefficient (Wildman–Crippen LogP) is 4.72. The number of nitrogens with one attached hydrogen (secondary N) is 1. The molecule has 4 aromatic rings. The van der Waals surface area contributed by atoms with Crippen LogP contribution in [0.5, 0.6) is 0 Å². The van der Waals surface area contributed by atoms with Crippen molar-refractivity contribution in [2.24, 2.45) is 0 Å². The summed E-state index contributed by atoms with van der Waals surface area (Å²) in [6, 6.07) is 11.3. The van der Waals surface area contributed by atoms with Crippen molar-refractivity contribution in [2.75, 3.05) is 5.32 Å². The van der Waals surface area contributed by atoms with Crippen LogP contribution in [0.15, 0.2) is 46.6 Å². The summed E-state index contributed by atoms with van der Waals surface area (Å²) in [5.41, 5.74) is 5.47. The standard InChI is InChI=1S/C23H22N4O2S/c1-5-27-22(29)17-9-7-6-8-16(17)20(26-27)21(28)25-23-24-19(12-30-23)18-11-14(3)13(2)10-15(18)4/h6-12H,5H2,1-4H3,(H,24,25,28). The number of fused-ring (bicyclic) bond motifs is 1. The fraction of sp³-hybridized carbons (Fsp3) is 0.217. The van der Waals surface area contributed by atoms with Gasteiger partial charge >= 0.3 is 0 Å². The van der Waals surface area contributed by atoms with Crippen LogP contribution < -0.4 is 10.9 Å². The number of hydrogen-bond acceptors (Lipinski definition) is 5. The molecule has 0 aliphatic rings. The molecule has 30 heavy (non-hydrogen) atoms. The van der Waals surface area contributed by atoms with Crippen LogP contribution in [-0.2, 0) is 6.54 Å². The van der Waals surface area contributed by atoms with Crippen molar-refractivity contribution >= 4 is 33.1 Å². The number of anilines is 1. The van der Waals surface area contributed by atoms with Crippen LogP contribution >= 0.6 is 11.3 Å². The second-order valence-corrected chi connectivity index (χ2v) is 8.12. The number of aromatic nitrogens is 3. The summed E-state index contributed by atoms with van der Waals surface area (Å²) in [7, 11) is 0. The lowest BCUT2D eigenvalue weighted by molar-refractivity contribution is 0.102. The maximum Gasteiger partial charge on any atom is 0.278 e.